The molecule has 0 aromatic heterocycles. The summed E-state index contributed by atoms with van der Waals surface area (Å²) in [6.07, 6.45) is 0.989. The van der Waals surface area contributed by atoms with Crippen molar-refractivity contribution in [3.8, 4) is 5.75 Å². The van der Waals surface area contributed by atoms with Crippen LogP contribution in [0.3, 0.4) is 0 Å². The standard InChI is InChI=1S/C20H20O3/c1-2-22-20(21)19-17-10-14-8-9-15(11-16(14)18(17)19)23-12-13-6-4-3-5-7-13/h3-9,11,17-19H,2,10,12H2,1H3. The minimum absolute atomic E-state index is 0.0382. The van der Waals surface area contributed by atoms with Crippen molar-refractivity contribution >= 4 is 5.97 Å². The summed E-state index contributed by atoms with van der Waals surface area (Å²) in [5.41, 5.74) is 3.79. The Morgan fingerprint density at radius 1 is 1.17 bits per heavy atom. The molecular formula is C20H20O3. The van der Waals surface area contributed by atoms with Gasteiger partial charge in [-0.25, -0.2) is 0 Å². The number of benzene rings is 2. The molecule has 2 aliphatic carbocycles. The van der Waals surface area contributed by atoms with Crippen LogP contribution in [0.4, 0.5) is 0 Å². The summed E-state index contributed by atoms with van der Waals surface area (Å²) in [5, 5.41) is 0. The third kappa shape index (κ3) is 2.61. The van der Waals surface area contributed by atoms with Gasteiger partial charge in [0.1, 0.15) is 12.4 Å². The molecule has 0 saturated heterocycles. The van der Waals surface area contributed by atoms with E-state index in [0.717, 1.165) is 17.7 Å². The van der Waals surface area contributed by atoms with Crippen molar-refractivity contribution in [2.45, 2.75) is 25.9 Å². The van der Waals surface area contributed by atoms with Crippen molar-refractivity contribution < 1.29 is 14.3 Å². The lowest BCUT2D eigenvalue weighted by molar-refractivity contribution is -0.145. The Labute approximate surface area is 136 Å². The average Bonchev–Trinajstić information content (AvgIpc) is 3.18. The van der Waals surface area contributed by atoms with E-state index >= 15 is 0 Å². The molecule has 0 spiro atoms. The largest absolute Gasteiger partial charge is 0.489 e. The van der Waals surface area contributed by atoms with E-state index in [1.807, 2.05) is 31.2 Å². The zero-order chi connectivity index (χ0) is 15.8. The molecule has 0 aliphatic heterocycles. The van der Waals surface area contributed by atoms with Crippen molar-refractivity contribution in [1.82, 2.24) is 0 Å². The minimum Gasteiger partial charge on any atom is -0.489 e. The van der Waals surface area contributed by atoms with Gasteiger partial charge in [-0.3, -0.25) is 4.79 Å². The third-order valence-corrected chi connectivity index (χ3v) is 4.91. The van der Waals surface area contributed by atoms with Crippen LogP contribution in [0, 0.1) is 11.8 Å². The molecule has 0 radical (unpaired) electrons. The van der Waals surface area contributed by atoms with Crippen LogP contribution in [-0.2, 0) is 22.6 Å². The van der Waals surface area contributed by atoms with Gasteiger partial charge in [0.15, 0.2) is 0 Å². The highest BCUT2D eigenvalue weighted by Crippen LogP contribution is 2.62. The van der Waals surface area contributed by atoms with Crippen molar-refractivity contribution in [3.05, 3.63) is 65.2 Å². The summed E-state index contributed by atoms with van der Waals surface area (Å²) in [7, 11) is 0. The van der Waals surface area contributed by atoms with Crippen LogP contribution in [0.1, 0.15) is 29.5 Å². The molecule has 1 fully saturated rings. The predicted octanol–water partition coefficient (Wildman–Crippen LogP) is 3.71. The summed E-state index contributed by atoms with van der Waals surface area (Å²) >= 11 is 0. The van der Waals surface area contributed by atoms with Crippen molar-refractivity contribution in [3.63, 3.8) is 0 Å². The molecule has 0 bridgehead atoms. The first kappa shape index (κ1) is 14.3. The van der Waals surface area contributed by atoms with E-state index in [-0.39, 0.29) is 11.9 Å². The summed E-state index contributed by atoms with van der Waals surface area (Å²) < 4.78 is 11.1. The second-order valence-electron chi connectivity index (χ2n) is 6.31. The summed E-state index contributed by atoms with van der Waals surface area (Å²) in [5.74, 6) is 1.68. The van der Waals surface area contributed by atoms with E-state index in [9.17, 15) is 4.79 Å². The number of carbonyl (C=O) groups is 1. The van der Waals surface area contributed by atoms with Gasteiger partial charge in [-0.05, 0) is 48.1 Å². The van der Waals surface area contributed by atoms with Crippen molar-refractivity contribution in [2.24, 2.45) is 11.8 Å². The molecule has 3 unspecified atom stereocenters. The molecule has 1 saturated carbocycles. The first-order valence-electron chi connectivity index (χ1n) is 8.24. The van der Waals surface area contributed by atoms with Gasteiger partial charge >= 0.3 is 5.97 Å². The maximum Gasteiger partial charge on any atom is 0.309 e. The van der Waals surface area contributed by atoms with Crippen LogP contribution in [0.25, 0.3) is 0 Å². The van der Waals surface area contributed by atoms with Crippen molar-refractivity contribution in [2.75, 3.05) is 6.61 Å². The number of fused-ring (bicyclic) bond motifs is 3. The molecule has 2 aromatic rings. The zero-order valence-electron chi connectivity index (χ0n) is 13.2. The highest BCUT2D eigenvalue weighted by Gasteiger charge is 2.60. The maximum absolute atomic E-state index is 12.0. The Bertz CT molecular complexity index is 723. The molecule has 0 amide bonds. The second kappa shape index (κ2) is 5.73. The van der Waals surface area contributed by atoms with Gasteiger partial charge in [0, 0.05) is 5.92 Å². The van der Waals surface area contributed by atoms with E-state index in [1.165, 1.54) is 11.1 Å². The van der Waals surface area contributed by atoms with E-state index in [0.29, 0.717) is 25.0 Å². The van der Waals surface area contributed by atoms with Gasteiger partial charge < -0.3 is 9.47 Å². The topological polar surface area (TPSA) is 35.5 Å². The highest BCUT2D eigenvalue weighted by atomic mass is 16.5. The summed E-state index contributed by atoms with van der Waals surface area (Å²) in [6.45, 7) is 2.89. The maximum atomic E-state index is 12.0. The molecule has 0 N–H and O–H groups in total. The van der Waals surface area contributed by atoms with Gasteiger partial charge in [-0.2, -0.15) is 0 Å². The van der Waals surface area contributed by atoms with Gasteiger partial charge in [-0.1, -0.05) is 36.4 Å². The zero-order valence-corrected chi connectivity index (χ0v) is 13.2. The number of hydrogen-bond acceptors (Lipinski definition) is 3. The van der Waals surface area contributed by atoms with Crippen LogP contribution < -0.4 is 4.74 Å². The number of ether oxygens (including phenoxy) is 2. The Balaban J connectivity index is 1.46. The van der Waals surface area contributed by atoms with Gasteiger partial charge in [0.2, 0.25) is 0 Å². The summed E-state index contributed by atoms with van der Waals surface area (Å²) in [4.78, 5) is 12.0. The Morgan fingerprint density at radius 3 is 2.78 bits per heavy atom. The third-order valence-electron chi connectivity index (χ3n) is 4.91. The highest BCUT2D eigenvalue weighted by molar-refractivity contribution is 5.79. The molecule has 2 aromatic carbocycles. The van der Waals surface area contributed by atoms with Crippen LogP contribution in [0.2, 0.25) is 0 Å². The number of carbonyl (C=O) groups excluding carboxylic acids is 1. The molecule has 118 valence electrons. The smallest absolute Gasteiger partial charge is 0.309 e. The quantitative estimate of drug-likeness (QED) is 0.790. The SMILES string of the molecule is CCOC(=O)C1C2Cc3ccc(OCc4ccccc4)cc3C21. The second-order valence-corrected chi connectivity index (χ2v) is 6.31. The number of hydrogen-bond donors (Lipinski definition) is 0. The fourth-order valence-corrected chi connectivity index (χ4v) is 3.77. The average molecular weight is 308 g/mol. The monoisotopic (exact) mass is 308 g/mol. The molecular weight excluding hydrogens is 288 g/mol. The Morgan fingerprint density at radius 2 is 2.00 bits per heavy atom. The van der Waals surface area contributed by atoms with E-state index in [2.05, 4.69) is 24.3 Å². The fourth-order valence-electron chi connectivity index (χ4n) is 3.77. The molecule has 4 rings (SSSR count). The van der Waals surface area contributed by atoms with Crippen LogP contribution in [-0.4, -0.2) is 12.6 Å². The number of rotatable bonds is 5. The minimum atomic E-state index is -0.0382. The lowest BCUT2D eigenvalue weighted by atomic mass is 10.0. The normalized spacial score (nSPS) is 23.8. The molecule has 3 atom stereocenters. The van der Waals surface area contributed by atoms with Crippen LogP contribution in [0.15, 0.2) is 48.5 Å². The van der Waals surface area contributed by atoms with E-state index in [1.54, 1.807) is 0 Å². The lowest BCUT2D eigenvalue weighted by Gasteiger charge is -2.11. The first-order chi connectivity index (χ1) is 11.3. The van der Waals surface area contributed by atoms with Gasteiger partial charge in [-0.15, -0.1) is 0 Å². The Kier molecular flexibility index (Phi) is 3.56. The predicted molar refractivity (Wildman–Crippen MR) is 87.3 cm³/mol. The van der Waals surface area contributed by atoms with E-state index in [4.69, 9.17) is 9.47 Å². The molecule has 23 heavy (non-hydrogen) atoms. The number of esters is 1. The molecule has 0 heterocycles. The van der Waals surface area contributed by atoms with Gasteiger partial charge in [0.05, 0.1) is 12.5 Å². The summed E-state index contributed by atoms with van der Waals surface area (Å²) in [6, 6.07) is 16.4. The lowest BCUT2D eigenvalue weighted by Crippen LogP contribution is -2.11. The molecule has 2 aliphatic rings. The van der Waals surface area contributed by atoms with Gasteiger partial charge in [0.25, 0.3) is 0 Å². The van der Waals surface area contributed by atoms with Crippen molar-refractivity contribution in [1.29, 1.82) is 0 Å². The Hall–Kier alpha value is -2.29. The van der Waals surface area contributed by atoms with Crippen LogP contribution >= 0.6 is 0 Å². The first-order valence-corrected chi connectivity index (χ1v) is 8.24. The van der Waals surface area contributed by atoms with E-state index < -0.39 is 0 Å². The fraction of sp³-hybridized carbons (Fsp3) is 0.350. The van der Waals surface area contributed by atoms with Crippen LogP contribution in [0.5, 0.6) is 5.75 Å². The molecule has 3 heteroatoms. The molecule has 3 nitrogen and oxygen atoms in total.